The Hall–Kier alpha value is -1.59. The average Bonchev–Trinajstić information content (AvgIpc) is 2.97. The maximum absolute atomic E-state index is 12.0. The van der Waals surface area contributed by atoms with E-state index in [4.69, 9.17) is 0 Å². The van der Waals surface area contributed by atoms with Gasteiger partial charge in [0, 0.05) is 23.3 Å². The van der Waals surface area contributed by atoms with Gasteiger partial charge < -0.3 is 0 Å². The van der Waals surface area contributed by atoms with Gasteiger partial charge in [-0.15, -0.1) is 22.7 Å². The van der Waals surface area contributed by atoms with Gasteiger partial charge in [0.15, 0.2) is 5.78 Å². The second-order valence-corrected chi connectivity index (χ2v) is 5.48. The Labute approximate surface area is 106 Å². The first-order chi connectivity index (χ1) is 8.33. The Kier molecular flexibility index (Phi) is 2.70. The number of Topliss-reactive ketones (excluding diaryl/α,β-unsaturated/α-hetero) is 1. The lowest BCUT2D eigenvalue weighted by molar-refractivity contribution is 0.0993. The van der Waals surface area contributed by atoms with E-state index >= 15 is 0 Å². The van der Waals surface area contributed by atoms with Gasteiger partial charge in [0.1, 0.15) is 5.01 Å². The van der Waals surface area contributed by atoms with Crippen LogP contribution in [-0.4, -0.2) is 15.8 Å². The van der Waals surface area contributed by atoms with Crippen molar-refractivity contribution < 1.29 is 4.79 Å². The van der Waals surface area contributed by atoms with Crippen molar-refractivity contribution in [3.8, 4) is 0 Å². The predicted octanol–water partition coefficient (Wildman–Crippen LogP) is 3.18. The first-order valence-electron chi connectivity index (χ1n) is 5.08. The smallest absolute Gasteiger partial charge is 0.171 e. The van der Waals surface area contributed by atoms with Crippen molar-refractivity contribution in [1.29, 1.82) is 0 Å². The summed E-state index contributed by atoms with van der Waals surface area (Å²) in [6.45, 7) is 0. The van der Waals surface area contributed by atoms with Gasteiger partial charge in [0.2, 0.25) is 0 Å². The maximum Gasteiger partial charge on any atom is 0.171 e. The maximum atomic E-state index is 12.0. The second kappa shape index (κ2) is 4.35. The Morgan fingerprint density at radius 2 is 2.18 bits per heavy atom. The van der Waals surface area contributed by atoms with Gasteiger partial charge in [-0.3, -0.25) is 9.78 Å². The monoisotopic (exact) mass is 260 g/mol. The molecule has 3 aromatic rings. The number of hydrogen-bond acceptors (Lipinski definition) is 5. The van der Waals surface area contributed by atoms with Crippen LogP contribution in [-0.2, 0) is 6.42 Å². The van der Waals surface area contributed by atoms with E-state index in [1.165, 1.54) is 11.3 Å². The van der Waals surface area contributed by atoms with Crippen molar-refractivity contribution in [3.05, 3.63) is 45.9 Å². The molecule has 0 saturated carbocycles. The third-order valence-electron chi connectivity index (χ3n) is 2.42. The second-order valence-electron chi connectivity index (χ2n) is 3.55. The first kappa shape index (κ1) is 10.6. The number of aromatic nitrogens is 2. The highest BCUT2D eigenvalue weighted by Crippen LogP contribution is 2.20. The molecule has 0 atom stereocenters. The summed E-state index contributed by atoms with van der Waals surface area (Å²) in [6, 6.07) is 3.86. The number of carbonyl (C=O) groups is 1. The molecule has 0 radical (unpaired) electrons. The Balaban J connectivity index is 1.90. The Bertz CT molecular complexity index is 658. The zero-order chi connectivity index (χ0) is 11.7. The number of fused-ring (bicyclic) bond motifs is 1. The number of hydrogen-bond donors (Lipinski definition) is 0. The summed E-state index contributed by atoms with van der Waals surface area (Å²) in [5, 5.41) is 4.71. The topological polar surface area (TPSA) is 42.9 Å². The van der Waals surface area contributed by atoms with Crippen LogP contribution in [0, 0.1) is 0 Å². The fourth-order valence-corrected chi connectivity index (χ4v) is 2.97. The third-order valence-corrected chi connectivity index (χ3v) is 4.05. The SMILES string of the molecule is O=C(Cc1nccs1)c1cnc2ccsc2c1. The minimum absolute atomic E-state index is 0.0720. The normalized spacial score (nSPS) is 10.8. The molecular weight excluding hydrogens is 252 g/mol. The number of pyridine rings is 1. The fraction of sp³-hybridized carbons (Fsp3) is 0.0833. The van der Waals surface area contributed by atoms with Crippen LogP contribution in [0.4, 0.5) is 0 Å². The molecule has 0 bridgehead atoms. The first-order valence-corrected chi connectivity index (χ1v) is 6.84. The van der Waals surface area contributed by atoms with Crippen LogP contribution in [0.3, 0.4) is 0 Å². The summed E-state index contributed by atoms with van der Waals surface area (Å²) in [5.41, 5.74) is 1.61. The molecule has 0 aliphatic rings. The van der Waals surface area contributed by atoms with Crippen LogP contribution in [0.2, 0.25) is 0 Å². The van der Waals surface area contributed by atoms with E-state index in [9.17, 15) is 4.79 Å². The Morgan fingerprint density at radius 1 is 1.24 bits per heavy atom. The van der Waals surface area contributed by atoms with Crippen molar-refractivity contribution >= 4 is 38.7 Å². The van der Waals surface area contributed by atoms with Gasteiger partial charge in [0.05, 0.1) is 16.6 Å². The molecule has 0 fully saturated rings. The van der Waals surface area contributed by atoms with Gasteiger partial charge in [-0.25, -0.2) is 4.98 Å². The molecule has 0 aliphatic carbocycles. The van der Waals surface area contributed by atoms with Gasteiger partial charge in [-0.2, -0.15) is 0 Å². The molecule has 5 heteroatoms. The summed E-state index contributed by atoms with van der Waals surface area (Å²) < 4.78 is 1.05. The number of ketones is 1. The molecule has 0 aliphatic heterocycles. The zero-order valence-corrected chi connectivity index (χ0v) is 10.4. The molecule has 3 rings (SSSR count). The van der Waals surface area contributed by atoms with Gasteiger partial charge in [-0.05, 0) is 17.5 Å². The van der Waals surface area contributed by atoms with Gasteiger partial charge in [0.25, 0.3) is 0 Å². The number of nitrogens with zero attached hydrogens (tertiary/aromatic N) is 2. The molecule has 0 saturated heterocycles. The lowest BCUT2D eigenvalue weighted by atomic mass is 10.1. The molecule has 17 heavy (non-hydrogen) atoms. The summed E-state index contributed by atoms with van der Waals surface area (Å²) in [6.07, 6.45) is 3.72. The van der Waals surface area contributed by atoms with Crippen molar-refractivity contribution in [2.75, 3.05) is 0 Å². The highest BCUT2D eigenvalue weighted by molar-refractivity contribution is 7.17. The quantitative estimate of drug-likeness (QED) is 0.679. The summed E-state index contributed by atoms with van der Waals surface area (Å²) in [4.78, 5) is 20.4. The zero-order valence-electron chi connectivity index (χ0n) is 8.79. The van der Waals surface area contributed by atoms with Crippen molar-refractivity contribution in [2.45, 2.75) is 6.42 Å². The molecule has 0 unspecified atom stereocenters. The molecule has 0 amide bonds. The van der Waals surface area contributed by atoms with Crippen molar-refractivity contribution in [2.24, 2.45) is 0 Å². The van der Waals surface area contributed by atoms with E-state index in [0.29, 0.717) is 12.0 Å². The minimum atomic E-state index is 0.0720. The van der Waals surface area contributed by atoms with E-state index in [1.807, 2.05) is 22.9 Å². The van der Waals surface area contributed by atoms with Gasteiger partial charge >= 0.3 is 0 Å². The van der Waals surface area contributed by atoms with Crippen LogP contribution >= 0.6 is 22.7 Å². The molecule has 84 valence electrons. The Morgan fingerprint density at radius 3 is 3.00 bits per heavy atom. The molecular formula is C12H8N2OS2. The summed E-state index contributed by atoms with van der Waals surface area (Å²) in [7, 11) is 0. The summed E-state index contributed by atoms with van der Waals surface area (Å²) >= 11 is 3.10. The molecule has 3 nitrogen and oxygen atoms in total. The lowest BCUT2D eigenvalue weighted by Crippen LogP contribution is -2.03. The van der Waals surface area contributed by atoms with Crippen LogP contribution in [0.15, 0.2) is 35.3 Å². The number of thiazole rings is 1. The summed E-state index contributed by atoms with van der Waals surface area (Å²) in [5.74, 6) is 0.0720. The van der Waals surface area contributed by atoms with E-state index in [2.05, 4.69) is 9.97 Å². The molecule has 0 spiro atoms. The number of thiophene rings is 1. The van der Waals surface area contributed by atoms with Crippen LogP contribution in [0.1, 0.15) is 15.4 Å². The van der Waals surface area contributed by atoms with E-state index < -0.39 is 0 Å². The van der Waals surface area contributed by atoms with Gasteiger partial charge in [-0.1, -0.05) is 0 Å². The van der Waals surface area contributed by atoms with E-state index in [0.717, 1.165) is 15.2 Å². The molecule has 3 heterocycles. The number of carbonyl (C=O) groups excluding carboxylic acids is 1. The lowest BCUT2D eigenvalue weighted by Gasteiger charge is -1.98. The molecule has 0 N–H and O–H groups in total. The van der Waals surface area contributed by atoms with Crippen LogP contribution < -0.4 is 0 Å². The predicted molar refractivity (Wildman–Crippen MR) is 69.8 cm³/mol. The molecule has 0 aromatic carbocycles. The van der Waals surface area contributed by atoms with Crippen molar-refractivity contribution in [1.82, 2.24) is 9.97 Å². The van der Waals surface area contributed by atoms with E-state index in [-0.39, 0.29) is 5.78 Å². The fourth-order valence-electron chi connectivity index (χ4n) is 1.58. The molecule has 3 aromatic heterocycles. The minimum Gasteiger partial charge on any atom is -0.294 e. The van der Waals surface area contributed by atoms with E-state index in [1.54, 1.807) is 23.7 Å². The number of rotatable bonds is 3. The van der Waals surface area contributed by atoms with Crippen LogP contribution in [0.5, 0.6) is 0 Å². The van der Waals surface area contributed by atoms with Crippen molar-refractivity contribution in [3.63, 3.8) is 0 Å². The largest absolute Gasteiger partial charge is 0.294 e. The standard InChI is InChI=1S/C12H8N2OS2/c15-10(6-12-13-2-4-17-12)8-5-11-9(14-7-8)1-3-16-11/h1-5,7H,6H2. The van der Waals surface area contributed by atoms with Crippen LogP contribution in [0.25, 0.3) is 10.2 Å². The highest BCUT2D eigenvalue weighted by Gasteiger charge is 2.10. The average molecular weight is 260 g/mol. The highest BCUT2D eigenvalue weighted by atomic mass is 32.1. The third kappa shape index (κ3) is 2.11.